The van der Waals surface area contributed by atoms with Gasteiger partial charge in [-0.3, -0.25) is 14.2 Å². The molecular formula is C18H21N3O3S2. The molecule has 3 rings (SSSR count). The average Bonchev–Trinajstić information content (AvgIpc) is 3.21. The molecule has 6 nitrogen and oxygen atoms in total. The lowest BCUT2D eigenvalue weighted by Crippen LogP contribution is -2.28. The highest BCUT2D eigenvalue weighted by Crippen LogP contribution is 2.28. The summed E-state index contributed by atoms with van der Waals surface area (Å²) >= 11 is 2.83. The van der Waals surface area contributed by atoms with Crippen LogP contribution >= 0.6 is 23.1 Å². The standard InChI is InChI=1S/C18H21N3O3S2/c1-5-21-17(23)15-11(2)12(3)26-16(15)19-18(21)25-10-14(22)20(4)9-13-7-6-8-24-13/h6-8H,5,9-10H2,1-4H3. The maximum atomic E-state index is 12.8. The molecule has 0 spiro atoms. The maximum Gasteiger partial charge on any atom is 0.263 e. The van der Waals surface area contributed by atoms with Gasteiger partial charge >= 0.3 is 0 Å². The molecule has 1 amide bonds. The normalized spacial score (nSPS) is 11.2. The Morgan fingerprint density at radius 1 is 1.42 bits per heavy atom. The first-order chi connectivity index (χ1) is 12.4. The first-order valence-corrected chi connectivity index (χ1v) is 10.1. The largest absolute Gasteiger partial charge is 0.467 e. The summed E-state index contributed by atoms with van der Waals surface area (Å²) in [6.45, 7) is 6.81. The Hall–Kier alpha value is -2.06. The number of fused-ring (bicyclic) bond motifs is 1. The van der Waals surface area contributed by atoms with E-state index in [2.05, 4.69) is 4.98 Å². The second kappa shape index (κ2) is 7.67. The highest BCUT2D eigenvalue weighted by Gasteiger charge is 2.18. The van der Waals surface area contributed by atoms with Gasteiger partial charge < -0.3 is 9.32 Å². The number of aryl methyl sites for hydroxylation is 2. The monoisotopic (exact) mass is 391 g/mol. The van der Waals surface area contributed by atoms with Crippen molar-refractivity contribution in [2.75, 3.05) is 12.8 Å². The molecule has 0 aliphatic carbocycles. The number of hydrogen-bond donors (Lipinski definition) is 0. The minimum Gasteiger partial charge on any atom is -0.467 e. The van der Waals surface area contributed by atoms with E-state index in [4.69, 9.17) is 4.42 Å². The van der Waals surface area contributed by atoms with Crippen LogP contribution in [0.3, 0.4) is 0 Å². The highest BCUT2D eigenvalue weighted by atomic mass is 32.2. The van der Waals surface area contributed by atoms with Gasteiger partial charge in [0, 0.05) is 18.5 Å². The fourth-order valence-electron chi connectivity index (χ4n) is 2.66. The van der Waals surface area contributed by atoms with Crippen molar-refractivity contribution < 1.29 is 9.21 Å². The molecule has 0 saturated carbocycles. The molecule has 3 heterocycles. The summed E-state index contributed by atoms with van der Waals surface area (Å²) in [5.74, 6) is 0.917. The van der Waals surface area contributed by atoms with Gasteiger partial charge in [-0.05, 0) is 38.5 Å². The second-order valence-corrected chi connectivity index (χ2v) is 8.17. The van der Waals surface area contributed by atoms with Crippen LogP contribution < -0.4 is 5.56 Å². The number of amides is 1. The number of furan rings is 1. The molecule has 3 aromatic rings. The molecule has 3 aromatic heterocycles. The summed E-state index contributed by atoms with van der Waals surface area (Å²) < 4.78 is 6.92. The van der Waals surface area contributed by atoms with Crippen LogP contribution in [0.1, 0.15) is 23.1 Å². The van der Waals surface area contributed by atoms with E-state index >= 15 is 0 Å². The predicted molar refractivity (Wildman–Crippen MR) is 105 cm³/mol. The number of carbonyl (C=O) groups excluding carboxylic acids is 1. The Morgan fingerprint density at radius 3 is 2.85 bits per heavy atom. The van der Waals surface area contributed by atoms with Crippen molar-refractivity contribution in [2.45, 2.75) is 39.0 Å². The van der Waals surface area contributed by atoms with Gasteiger partial charge in [-0.2, -0.15) is 0 Å². The zero-order valence-corrected chi connectivity index (χ0v) is 16.9. The summed E-state index contributed by atoms with van der Waals surface area (Å²) in [6, 6.07) is 3.63. The summed E-state index contributed by atoms with van der Waals surface area (Å²) in [5, 5.41) is 1.28. The quantitative estimate of drug-likeness (QED) is 0.476. The summed E-state index contributed by atoms with van der Waals surface area (Å²) in [5.41, 5.74) is 0.966. The maximum absolute atomic E-state index is 12.8. The van der Waals surface area contributed by atoms with Crippen LogP contribution in [-0.2, 0) is 17.9 Å². The van der Waals surface area contributed by atoms with Gasteiger partial charge in [0.1, 0.15) is 10.6 Å². The van der Waals surface area contributed by atoms with Crippen molar-refractivity contribution in [1.29, 1.82) is 0 Å². The Morgan fingerprint density at radius 2 is 2.19 bits per heavy atom. The van der Waals surface area contributed by atoms with Crippen LogP contribution in [0.2, 0.25) is 0 Å². The van der Waals surface area contributed by atoms with Gasteiger partial charge in [0.25, 0.3) is 5.56 Å². The van der Waals surface area contributed by atoms with Crippen molar-refractivity contribution in [3.8, 4) is 0 Å². The van der Waals surface area contributed by atoms with E-state index in [1.54, 1.807) is 28.8 Å². The molecule has 0 aromatic carbocycles. The van der Waals surface area contributed by atoms with Crippen molar-refractivity contribution in [2.24, 2.45) is 0 Å². The molecule has 0 radical (unpaired) electrons. The third kappa shape index (κ3) is 3.57. The van der Waals surface area contributed by atoms with E-state index in [-0.39, 0.29) is 17.2 Å². The molecule has 8 heteroatoms. The van der Waals surface area contributed by atoms with E-state index in [0.717, 1.165) is 21.0 Å². The van der Waals surface area contributed by atoms with Gasteiger partial charge in [-0.15, -0.1) is 11.3 Å². The van der Waals surface area contributed by atoms with E-state index in [1.807, 2.05) is 26.8 Å². The number of nitrogens with zero attached hydrogens (tertiary/aromatic N) is 3. The first-order valence-electron chi connectivity index (χ1n) is 8.32. The minimum absolute atomic E-state index is 0.0294. The summed E-state index contributed by atoms with van der Waals surface area (Å²) in [7, 11) is 1.74. The van der Waals surface area contributed by atoms with Crippen molar-refractivity contribution in [3.05, 3.63) is 45.0 Å². The fraction of sp³-hybridized carbons (Fsp3) is 0.389. The lowest BCUT2D eigenvalue weighted by atomic mass is 10.2. The Kier molecular flexibility index (Phi) is 5.52. The predicted octanol–water partition coefficient (Wildman–Crippen LogP) is 3.44. The third-order valence-electron chi connectivity index (χ3n) is 4.29. The molecule has 0 aliphatic rings. The Balaban J connectivity index is 1.80. The molecule has 0 N–H and O–H groups in total. The minimum atomic E-state index is -0.0399. The number of thiophene rings is 1. The molecule has 0 atom stereocenters. The molecule has 0 bridgehead atoms. The van der Waals surface area contributed by atoms with E-state index in [1.165, 1.54) is 23.1 Å². The number of thioether (sulfide) groups is 1. The molecule has 0 aliphatic heterocycles. The average molecular weight is 392 g/mol. The van der Waals surface area contributed by atoms with Gasteiger partial charge in [0.15, 0.2) is 5.16 Å². The zero-order valence-electron chi connectivity index (χ0n) is 15.2. The molecule has 0 saturated heterocycles. The summed E-state index contributed by atoms with van der Waals surface area (Å²) in [4.78, 5) is 33.3. The lowest BCUT2D eigenvalue weighted by Gasteiger charge is -2.16. The van der Waals surface area contributed by atoms with Gasteiger partial charge in [-0.25, -0.2) is 4.98 Å². The SMILES string of the molecule is CCn1c(SCC(=O)N(C)Cc2ccco2)nc2sc(C)c(C)c2c1=O. The van der Waals surface area contributed by atoms with Gasteiger partial charge in [0.2, 0.25) is 5.91 Å². The zero-order chi connectivity index (χ0) is 18.8. The molecule has 0 unspecified atom stereocenters. The number of rotatable bonds is 6. The molecule has 0 fully saturated rings. The fourth-order valence-corrected chi connectivity index (χ4v) is 4.73. The number of carbonyl (C=O) groups is 1. The molecule has 26 heavy (non-hydrogen) atoms. The molecular weight excluding hydrogens is 370 g/mol. The van der Waals surface area contributed by atoms with Crippen molar-refractivity contribution in [3.63, 3.8) is 0 Å². The summed E-state index contributed by atoms with van der Waals surface area (Å²) in [6.07, 6.45) is 1.59. The van der Waals surface area contributed by atoms with Crippen LogP contribution in [0, 0.1) is 13.8 Å². The highest BCUT2D eigenvalue weighted by molar-refractivity contribution is 7.99. The van der Waals surface area contributed by atoms with E-state index in [0.29, 0.717) is 23.6 Å². The Bertz CT molecular complexity index is 989. The van der Waals surface area contributed by atoms with Crippen LogP contribution in [-0.4, -0.2) is 33.2 Å². The second-order valence-electron chi connectivity index (χ2n) is 6.03. The van der Waals surface area contributed by atoms with Crippen LogP contribution in [0.25, 0.3) is 10.2 Å². The topological polar surface area (TPSA) is 68.3 Å². The lowest BCUT2D eigenvalue weighted by molar-refractivity contribution is -0.127. The van der Waals surface area contributed by atoms with Crippen molar-refractivity contribution >= 4 is 39.2 Å². The number of hydrogen-bond acceptors (Lipinski definition) is 6. The third-order valence-corrected chi connectivity index (χ3v) is 6.36. The van der Waals surface area contributed by atoms with Crippen LogP contribution in [0.15, 0.2) is 32.8 Å². The Labute approximate surface area is 159 Å². The number of aromatic nitrogens is 2. The van der Waals surface area contributed by atoms with Gasteiger partial charge in [-0.1, -0.05) is 11.8 Å². The first kappa shape index (κ1) is 18.7. The van der Waals surface area contributed by atoms with Crippen molar-refractivity contribution in [1.82, 2.24) is 14.5 Å². The van der Waals surface area contributed by atoms with E-state index < -0.39 is 0 Å². The molecule has 138 valence electrons. The van der Waals surface area contributed by atoms with E-state index in [9.17, 15) is 9.59 Å². The van der Waals surface area contributed by atoms with Crippen LogP contribution in [0.5, 0.6) is 0 Å². The smallest absolute Gasteiger partial charge is 0.263 e. The van der Waals surface area contributed by atoms with Gasteiger partial charge in [0.05, 0.1) is 23.9 Å². The van der Waals surface area contributed by atoms with Crippen LogP contribution in [0.4, 0.5) is 0 Å².